The molecule has 5 nitrogen and oxygen atoms in total. The van der Waals surface area contributed by atoms with Gasteiger partial charge in [-0.05, 0) is 71.0 Å². The third-order valence-corrected chi connectivity index (χ3v) is 6.78. The number of aromatic hydroxyl groups is 1. The van der Waals surface area contributed by atoms with Gasteiger partial charge in [-0.1, -0.05) is 57.2 Å². The predicted octanol–water partition coefficient (Wildman–Crippen LogP) is 6.46. The van der Waals surface area contributed by atoms with E-state index in [1.165, 1.54) is 34.7 Å². The highest BCUT2D eigenvalue weighted by Gasteiger charge is 2.20. The molecule has 188 valence electrons. The smallest absolute Gasteiger partial charge is 0.308 e. The molecule has 0 spiro atoms. The Labute approximate surface area is 214 Å². The summed E-state index contributed by atoms with van der Waals surface area (Å²) in [6.45, 7) is 9.97. The Morgan fingerprint density at radius 1 is 1.08 bits per heavy atom. The highest BCUT2D eigenvalue weighted by atomic mass is 16.5. The number of nitrogens with zero attached hydrogens (tertiary/aromatic N) is 1. The zero-order valence-electron chi connectivity index (χ0n) is 21.6. The van der Waals surface area contributed by atoms with Crippen LogP contribution in [-0.4, -0.2) is 29.3 Å². The number of benzene rings is 3. The van der Waals surface area contributed by atoms with Gasteiger partial charge in [-0.2, -0.15) is 0 Å². The number of phenols is 1. The van der Waals surface area contributed by atoms with Crippen molar-refractivity contribution >= 4 is 12.0 Å². The minimum Gasteiger partial charge on any atom is -0.508 e. The minimum atomic E-state index is -0.312. The monoisotopic (exact) mass is 485 g/mol. The summed E-state index contributed by atoms with van der Waals surface area (Å²) < 4.78 is 11.4. The van der Waals surface area contributed by atoms with Crippen LogP contribution in [0.1, 0.15) is 67.0 Å². The molecular weight excluding hydrogens is 450 g/mol. The van der Waals surface area contributed by atoms with Crippen molar-refractivity contribution in [2.24, 2.45) is 0 Å². The van der Waals surface area contributed by atoms with Gasteiger partial charge in [0.15, 0.2) is 0 Å². The van der Waals surface area contributed by atoms with Crippen molar-refractivity contribution in [3.63, 3.8) is 0 Å². The summed E-state index contributed by atoms with van der Waals surface area (Å²) in [5, 5.41) is 9.84. The van der Waals surface area contributed by atoms with E-state index in [1.54, 1.807) is 6.07 Å². The average molecular weight is 486 g/mol. The van der Waals surface area contributed by atoms with Gasteiger partial charge in [0.05, 0.1) is 0 Å². The van der Waals surface area contributed by atoms with E-state index in [0.717, 1.165) is 37.2 Å². The first-order valence-electron chi connectivity index (χ1n) is 12.7. The number of esters is 1. The zero-order valence-corrected chi connectivity index (χ0v) is 21.6. The maximum Gasteiger partial charge on any atom is 0.308 e. The first-order valence-corrected chi connectivity index (χ1v) is 12.7. The van der Waals surface area contributed by atoms with Crippen LogP contribution in [0.3, 0.4) is 0 Å². The van der Waals surface area contributed by atoms with Gasteiger partial charge < -0.3 is 14.6 Å². The van der Waals surface area contributed by atoms with Crippen LogP contribution in [0.4, 0.5) is 0 Å². The summed E-state index contributed by atoms with van der Waals surface area (Å²) in [6, 6.07) is 17.9. The Bertz CT molecular complexity index is 1260. The van der Waals surface area contributed by atoms with E-state index < -0.39 is 0 Å². The summed E-state index contributed by atoms with van der Waals surface area (Å²) >= 11 is 0. The molecule has 1 heterocycles. The normalized spacial score (nSPS) is 14.3. The summed E-state index contributed by atoms with van der Waals surface area (Å²) in [5.74, 6) is 1.63. The van der Waals surface area contributed by atoms with E-state index in [1.807, 2.05) is 24.3 Å². The molecule has 0 saturated heterocycles. The summed E-state index contributed by atoms with van der Waals surface area (Å²) in [7, 11) is 0. The third kappa shape index (κ3) is 5.97. The number of rotatable bonds is 8. The lowest BCUT2D eigenvalue weighted by atomic mass is 9.87. The Morgan fingerprint density at radius 3 is 2.61 bits per heavy atom. The number of hydrogen-bond donors (Lipinski definition) is 1. The second kappa shape index (κ2) is 11.4. The molecule has 4 rings (SSSR count). The molecule has 0 amide bonds. The molecule has 0 saturated carbocycles. The van der Waals surface area contributed by atoms with Crippen LogP contribution < -0.4 is 9.47 Å². The lowest BCUT2D eigenvalue weighted by Gasteiger charge is -2.29. The molecule has 3 aromatic carbocycles. The molecule has 1 N–H and O–H groups in total. The van der Waals surface area contributed by atoms with E-state index in [2.05, 4.69) is 62.1 Å². The van der Waals surface area contributed by atoms with Crippen molar-refractivity contribution in [2.45, 2.75) is 53.0 Å². The zero-order chi connectivity index (χ0) is 25.7. The maximum absolute atomic E-state index is 11.5. The Morgan fingerprint density at radius 2 is 1.86 bits per heavy atom. The lowest BCUT2D eigenvalue weighted by molar-refractivity contribution is -0.131. The molecule has 3 aromatic rings. The molecule has 0 aromatic heterocycles. The molecule has 36 heavy (non-hydrogen) atoms. The SMILES string of the molecule is CCc1ccc(O)cc1/C=C\CN1COc2ccc(C(C)c3cc(OC(C)=O)ccc3CC)cc2C1. The second-order valence-corrected chi connectivity index (χ2v) is 9.32. The van der Waals surface area contributed by atoms with Crippen molar-refractivity contribution in [2.75, 3.05) is 13.3 Å². The molecule has 1 aliphatic rings. The van der Waals surface area contributed by atoms with Crippen LogP contribution in [0.2, 0.25) is 0 Å². The molecule has 5 heteroatoms. The van der Waals surface area contributed by atoms with Crippen LogP contribution in [0.25, 0.3) is 6.08 Å². The Hall–Kier alpha value is -3.57. The number of phenolic OH excluding ortho intramolecular Hbond substituents is 1. The van der Waals surface area contributed by atoms with E-state index in [4.69, 9.17) is 9.47 Å². The number of fused-ring (bicyclic) bond motifs is 1. The fraction of sp³-hybridized carbons (Fsp3) is 0.323. The van der Waals surface area contributed by atoms with E-state index in [0.29, 0.717) is 12.5 Å². The fourth-order valence-corrected chi connectivity index (χ4v) is 4.79. The van der Waals surface area contributed by atoms with E-state index in [9.17, 15) is 9.90 Å². The van der Waals surface area contributed by atoms with Crippen LogP contribution in [-0.2, 0) is 24.2 Å². The highest BCUT2D eigenvalue weighted by Crippen LogP contribution is 2.34. The van der Waals surface area contributed by atoms with Gasteiger partial charge in [-0.25, -0.2) is 0 Å². The van der Waals surface area contributed by atoms with Crippen molar-refractivity contribution in [1.82, 2.24) is 4.90 Å². The Kier molecular flexibility index (Phi) is 8.11. The summed E-state index contributed by atoms with van der Waals surface area (Å²) in [5.41, 5.74) is 7.06. The molecule has 1 aliphatic heterocycles. The van der Waals surface area contributed by atoms with Gasteiger partial charge in [0.25, 0.3) is 0 Å². The largest absolute Gasteiger partial charge is 0.508 e. The van der Waals surface area contributed by atoms with Gasteiger partial charge in [0.1, 0.15) is 24.0 Å². The van der Waals surface area contributed by atoms with Crippen molar-refractivity contribution in [1.29, 1.82) is 0 Å². The van der Waals surface area contributed by atoms with Gasteiger partial charge in [0.2, 0.25) is 0 Å². The topological polar surface area (TPSA) is 59.0 Å². The van der Waals surface area contributed by atoms with Gasteiger partial charge in [-0.15, -0.1) is 0 Å². The predicted molar refractivity (Wildman–Crippen MR) is 144 cm³/mol. The number of hydrogen-bond acceptors (Lipinski definition) is 5. The van der Waals surface area contributed by atoms with Crippen molar-refractivity contribution in [3.05, 3.63) is 94.1 Å². The van der Waals surface area contributed by atoms with Crippen molar-refractivity contribution < 1.29 is 19.4 Å². The average Bonchev–Trinajstić information content (AvgIpc) is 2.87. The second-order valence-electron chi connectivity index (χ2n) is 9.32. The van der Waals surface area contributed by atoms with Gasteiger partial charge in [0, 0.05) is 31.5 Å². The summed E-state index contributed by atoms with van der Waals surface area (Å²) in [6.07, 6.45) is 6.04. The fourth-order valence-electron chi connectivity index (χ4n) is 4.79. The molecule has 0 bridgehead atoms. The third-order valence-electron chi connectivity index (χ3n) is 6.78. The molecular formula is C31H35NO4. The number of ether oxygens (including phenoxy) is 2. The van der Waals surface area contributed by atoms with Crippen LogP contribution in [0.15, 0.2) is 60.7 Å². The molecule has 1 atom stereocenters. The minimum absolute atomic E-state index is 0.147. The van der Waals surface area contributed by atoms with Crippen molar-refractivity contribution in [3.8, 4) is 17.2 Å². The summed E-state index contributed by atoms with van der Waals surface area (Å²) in [4.78, 5) is 13.7. The molecule has 1 unspecified atom stereocenters. The number of aryl methyl sites for hydroxylation is 2. The lowest BCUT2D eigenvalue weighted by Crippen LogP contribution is -2.32. The van der Waals surface area contributed by atoms with Crippen LogP contribution in [0.5, 0.6) is 17.2 Å². The van der Waals surface area contributed by atoms with E-state index >= 15 is 0 Å². The quantitative estimate of drug-likeness (QED) is 0.293. The van der Waals surface area contributed by atoms with Crippen LogP contribution >= 0.6 is 0 Å². The van der Waals surface area contributed by atoms with Crippen LogP contribution in [0, 0.1) is 0 Å². The molecule has 0 aliphatic carbocycles. The van der Waals surface area contributed by atoms with E-state index in [-0.39, 0.29) is 17.6 Å². The first-order chi connectivity index (χ1) is 17.4. The number of carbonyl (C=O) groups is 1. The standard InChI is InChI=1S/C31H35NO4/c1-5-23-9-12-28(34)17-26(23)8-7-15-32-19-27-16-25(11-14-31(27)35-20-32)21(3)30-18-29(36-22(4)33)13-10-24(30)6-2/h7-14,16-18,21,34H,5-6,15,19-20H2,1-4H3/b8-7-. The number of carbonyl (C=O) groups excluding carboxylic acids is 1. The first kappa shape index (κ1) is 25.5. The van der Waals surface area contributed by atoms with Gasteiger partial charge >= 0.3 is 5.97 Å². The molecule has 0 radical (unpaired) electrons. The van der Waals surface area contributed by atoms with Gasteiger partial charge in [-0.3, -0.25) is 9.69 Å². The highest BCUT2D eigenvalue weighted by molar-refractivity contribution is 5.69. The maximum atomic E-state index is 11.5. The molecule has 0 fully saturated rings. The Balaban J connectivity index is 1.50.